The number of hydrogen-bond acceptors (Lipinski definition) is 4. The molecule has 3 heterocycles. The van der Waals surface area contributed by atoms with Crippen LogP contribution in [0.3, 0.4) is 0 Å². The van der Waals surface area contributed by atoms with Gasteiger partial charge in [-0.15, -0.1) is 0 Å². The van der Waals surface area contributed by atoms with E-state index in [1.165, 1.54) is 4.90 Å². The zero-order valence-electron chi connectivity index (χ0n) is 17.7. The first-order valence-electron chi connectivity index (χ1n) is 10.2. The van der Waals surface area contributed by atoms with E-state index in [1.54, 1.807) is 7.11 Å². The van der Waals surface area contributed by atoms with Gasteiger partial charge >= 0.3 is 0 Å². The van der Waals surface area contributed by atoms with Crippen LogP contribution in [0, 0.1) is 11.3 Å². The first-order chi connectivity index (χ1) is 15.5. The number of aromatic amines is 1. The number of aromatic nitrogens is 2. The van der Waals surface area contributed by atoms with Gasteiger partial charge < -0.3 is 14.3 Å². The van der Waals surface area contributed by atoms with Crippen LogP contribution in [-0.4, -0.2) is 39.9 Å². The zero-order chi connectivity index (χ0) is 22.4. The quantitative estimate of drug-likeness (QED) is 0.493. The predicted octanol–water partition coefficient (Wildman–Crippen LogP) is 3.86. The lowest BCUT2D eigenvalue weighted by Crippen LogP contribution is -2.32. The maximum Gasteiger partial charge on any atom is 0.263 e. The molecule has 0 unspecified atom stereocenters. The first kappa shape index (κ1) is 19.6. The van der Waals surface area contributed by atoms with Crippen LogP contribution < -0.4 is 4.74 Å². The number of nitrogens with zero attached hydrogens (tertiary/aromatic N) is 3. The van der Waals surface area contributed by atoms with E-state index in [9.17, 15) is 9.59 Å². The summed E-state index contributed by atoms with van der Waals surface area (Å²) in [6.07, 6.45) is 1.94. The number of aryl methyl sites for hydroxylation is 1. The number of H-pyrrole nitrogens is 1. The Labute approximate surface area is 184 Å². The molecule has 0 atom stereocenters. The average molecular weight is 424 g/mol. The van der Waals surface area contributed by atoms with Gasteiger partial charge in [-0.25, -0.2) is 0 Å². The molecule has 0 saturated heterocycles. The molecule has 7 heteroatoms. The van der Waals surface area contributed by atoms with E-state index >= 15 is 0 Å². The maximum atomic E-state index is 13.5. The largest absolute Gasteiger partial charge is 0.497 e. The van der Waals surface area contributed by atoms with Gasteiger partial charge in [-0.3, -0.25) is 14.5 Å². The third-order valence-electron chi connectivity index (χ3n) is 5.88. The number of rotatable bonds is 5. The number of fused-ring (bicyclic) bond motifs is 2. The summed E-state index contributed by atoms with van der Waals surface area (Å²) in [6.45, 7) is 0.0511. The minimum Gasteiger partial charge on any atom is -0.497 e. The van der Waals surface area contributed by atoms with E-state index in [0.29, 0.717) is 28.2 Å². The number of benzene rings is 2. The minimum atomic E-state index is -0.397. The predicted molar refractivity (Wildman–Crippen MR) is 122 cm³/mol. The number of imide groups is 1. The molecule has 1 N–H and O–H groups in total. The number of para-hydroxylation sites is 1. The Hall–Kier alpha value is -4.31. The van der Waals surface area contributed by atoms with Crippen LogP contribution >= 0.6 is 0 Å². The molecular weight excluding hydrogens is 404 g/mol. The van der Waals surface area contributed by atoms with Gasteiger partial charge in [0.05, 0.1) is 36.4 Å². The molecule has 0 spiro atoms. The summed E-state index contributed by atoms with van der Waals surface area (Å²) in [5.74, 6) is -0.128. The Morgan fingerprint density at radius 1 is 1.06 bits per heavy atom. The standard InChI is InChI=1S/C25H20N4O3/c1-28-14-18(17-13-16(32-2)8-9-21(17)28)22-23(25(31)29(24(22)30)11-5-10-26)20-12-15-6-3-4-7-19(15)27-20/h3-4,6-9,12-14,27H,5,11H2,1-2H3. The van der Waals surface area contributed by atoms with Gasteiger partial charge in [0.2, 0.25) is 0 Å². The Bertz CT molecular complexity index is 1450. The van der Waals surface area contributed by atoms with Gasteiger partial charge in [-0.2, -0.15) is 5.26 Å². The third kappa shape index (κ3) is 2.88. The van der Waals surface area contributed by atoms with E-state index < -0.39 is 11.8 Å². The molecule has 4 aromatic rings. The summed E-state index contributed by atoms with van der Waals surface area (Å²) in [5, 5.41) is 10.8. The van der Waals surface area contributed by atoms with Crippen molar-refractivity contribution in [2.24, 2.45) is 7.05 Å². The lowest BCUT2D eigenvalue weighted by molar-refractivity contribution is -0.135. The summed E-state index contributed by atoms with van der Waals surface area (Å²) in [6, 6.07) is 17.3. The van der Waals surface area contributed by atoms with E-state index in [1.807, 2.05) is 72.4 Å². The molecule has 2 amide bonds. The van der Waals surface area contributed by atoms with Crippen LogP contribution in [0.4, 0.5) is 0 Å². The number of ether oxygens (including phenoxy) is 1. The van der Waals surface area contributed by atoms with Gasteiger partial charge in [-0.05, 0) is 30.3 Å². The highest BCUT2D eigenvalue weighted by atomic mass is 16.5. The maximum absolute atomic E-state index is 13.5. The molecule has 2 aromatic carbocycles. The lowest BCUT2D eigenvalue weighted by Gasteiger charge is -2.12. The molecule has 0 radical (unpaired) electrons. The summed E-state index contributed by atoms with van der Waals surface area (Å²) in [4.78, 5) is 31.4. The zero-order valence-corrected chi connectivity index (χ0v) is 17.7. The Morgan fingerprint density at radius 3 is 2.59 bits per heavy atom. The molecule has 0 aliphatic carbocycles. The van der Waals surface area contributed by atoms with Crippen molar-refractivity contribution in [3.8, 4) is 11.8 Å². The average Bonchev–Trinajstić information content (AvgIpc) is 3.44. The highest BCUT2D eigenvalue weighted by Gasteiger charge is 2.41. The molecule has 32 heavy (non-hydrogen) atoms. The number of nitriles is 1. The number of carbonyl (C=O) groups is 2. The van der Waals surface area contributed by atoms with Crippen molar-refractivity contribution < 1.29 is 14.3 Å². The van der Waals surface area contributed by atoms with Crippen molar-refractivity contribution in [3.63, 3.8) is 0 Å². The smallest absolute Gasteiger partial charge is 0.263 e. The Morgan fingerprint density at radius 2 is 1.84 bits per heavy atom. The summed E-state index contributed by atoms with van der Waals surface area (Å²) < 4.78 is 7.32. The summed E-state index contributed by atoms with van der Waals surface area (Å²) >= 11 is 0. The van der Waals surface area contributed by atoms with E-state index in [2.05, 4.69) is 4.98 Å². The fourth-order valence-corrected chi connectivity index (χ4v) is 4.35. The van der Waals surface area contributed by atoms with Crippen LogP contribution in [0.15, 0.2) is 54.7 Å². The highest BCUT2D eigenvalue weighted by molar-refractivity contribution is 6.49. The second-order valence-corrected chi connectivity index (χ2v) is 7.73. The minimum absolute atomic E-state index is 0.0511. The molecule has 2 aromatic heterocycles. The normalized spacial score (nSPS) is 14.1. The van der Waals surface area contributed by atoms with Crippen molar-refractivity contribution >= 4 is 44.8 Å². The highest BCUT2D eigenvalue weighted by Crippen LogP contribution is 2.40. The third-order valence-corrected chi connectivity index (χ3v) is 5.88. The van der Waals surface area contributed by atoms with E-state index in [0.717, 1.165) is 21.8 Å². The molecule has 5 rings (SSSR count). The number of carbonyl (C=O) groups excluding carboxylic acids is 2. The van der Waals surface area contributed by atoms with Crippen LogP contribution in [0.5, 0.6) is 5.75 Å². The topological polar surface area (TPSA) is 91.1 Å². The van der Waals surface area contributed by atoms with E-state index in [4.69, 9.17) is 10.00 Å². The van der Waals surface area contributed by atoms with Crippen molar-refractivity contribution in [3.05, 3.63) is 66.0 Å². The van der Waals surface area contributed by atoms with Crippen molar-refractivity contribution in [2.45, 2.75) is 6.42 Å². The van der Waals surface area contributed by atoms with Crippen molar-refractivity contribution in [2.75, 3.05) is 13.7 Å². The van der Waals surface area contributed by atoms with Gasteiger partial charge in [0.25, 0.3) is 11.8 Å². The van der Waals surface area contributed by atoms with E-state index in [-0.39, 0.29) is 13.0 Å². The van der Waals surface area contributed by atoms with Crippen LogP contribution in [-0.2, 0) is 16.6 Å². The summed E-state index contributed by atoms with van der Waals surface area (Å²) in [7, 11) is 3.49. The molecular formula is C25H20N4O3. The van der Waals surface area contributed by atoms with Gasteiger partial charge in [0.15, 0.2) is 0 Å². The molecule has 0 bridgehead atoms. The summed E-state index contributed by atoms with van der Waals surface area (Å²) in [5.41, 5.74) is 3.69. The Kier molecular flexibility index (Phi) is 4.56. The van der Waals surface area contributed by atoms with Gasteiger partial charge in [0.1, 0.15) is 5.75 Å². The molecule has 1 aliphatic heterocycles. The van der Waals surface area contributed by atoms with Crippen LogP contribution in [0.2, 0.25) is 0 Å². The second-order valence-electron chi connectivity index (χ2n) is 7.73. The number of hydrogen-bond donors (Lipinski definition) is 1. The van der Waals surface area contributed by atoms with Crippen molar-refractivity contribution in [1.82, 2.24) is 14.5 Å². The number of methoxy groups -OCH3 is 1. The lowest BCUT2D eigenvalue weighted by atomic mass is 9.99. The SMILES string of the molecule is COc1ccc2c(c1)c(C1=C(c3cc4ccccc4[nH]3)C(=O)N(CCC#N)C1=O)cn2C. The Balaban J connectivity index is 1.79. The number of amides is 2. The second kappa shape index (κ2) is 7.43. The molecule has 1 aliphatic rings. The molecule has 158 valence electrons. The van der Waals surface area contributed by atoms with Gasteiger partial charge in [-0.1, -0.05) is 18.2 Å². The molecule has 7 nitrogen and oxygen atoms in total. The molecule has 0 saturated carbocycles. The monoisotopic (exact) mass is 424 g/mol. The fourth-order valence-electron chi connectivity index (χ4n) is 4.35. The fraction of sp³-hybridized carbons (Fsp3) is 0.160. The molecule has 0 fully saturated rings. The van der Waals surface area contributed by atoms with Gasteiger partial charge in [0, 0.05) is 47.2 Å². The van der Waals surface area contributed by atoms with Crippen LogP contribution in [0.25, 0.3) is 33.0 Å². The van der Waals surface area contributed by atoms with Crippen LogP contribution in [0.1, 0.15) is 17.7 Å². The van der Waals surface area contributed by atoms with Crippen molar-refractivity contribution in [1.29, 1.82) is 5.26 Å². The first-order valence-corrected chi connectivity index (χ1v) is 10.2. The number of nitrogens with one attached hydrogen (secondary N) is 1.